The molecule has 0 radical (unpaired) electrons. The van der Waals surface area contributed by atoms with Crippen LogP contribution >= 0.6 is 0 Å². The van der Waals surface area contributed by atoms with E-state index in [2.05, 4.69) is 28.1 Å². The van der Waals surface area contributed by atoms with Crippen LogP contribution in [0, 0.1) is 0 Å². The fraction of sp³-hybridized carbons (Fsp3) is 0.450. The van der Waals surface area contributed by atoms with Crippen molar-refractivity contribution in [2.75, 3.05) is 37.0 Å². The van der Waals surface area contributed by atoms with Gasteiger partial charge in [0.05, 0.1) is 18.0 Å². The Morgan fingerprint density at radius 2 is 1.73 bits per heavy atom. The zero-order chi connectivity index (χ0) is 35.9. The van der Waals surface area contributed by atoms with Crippen molar-refractivity contribution in [2.24, 2.45) is 7.05 Å². The van der Waals surface area contributed by atoms with Gasteiger partial charge in [-0.2, -0.15) is 0 Å². The second kappa shape index (κ2) is 14.0. The molecule has 7 rings (SSSR count). The van der Waals surface area contributed by atoms with Gasteiger partial charge < -0.3 is 33.7 Å². The molecule has 4 aromatic rings. The number of hydrogen-bond donors (Lipinski definition) is 1. The van der Waals surface area contributed by atoms with E-state index in [1.807, 2.05) is 56.0 Å². The van der Waals surface area contributed by atoms with E-state index in [4.69, 9.17) is 14.5 Å². The second-order valence-corrected chi connectivity index (χ2v) is 14.9. The number of methoxy groups -OCH3 is 1. The highest BCUT2D eigenvalue weighted by atomic mass is 16.6. The lowest BCUT2D eigenvalue weighted by atomic mass is 9.89. The first-order valence-electron chi connectivity index (χ1n) is 18.1. The van der Waals surface area contributed by atoms with Crippen molar-refractivity contribution >= 4 is 29.2 Å². The van der Waals surface area contributed by atoms with E-state index in [0.717, 1.165) is 60.4 Å². The maximum absolute atomic E-state index is 14.0. The Kier molecular flexibility index (Phi) is 9.50. The highest BCUT2D eigenvalue weighted by molar-refractivity contribution is 6.07. The van der Waals surface area contributed by atoms with Gasteiger partial charge >= 0.3 is 6.09 Å². The lowest BCUT2D eigenvalue weighted by molar-refractivity contribution is 0.0204. The van der Waals surface area contributed by atoms with Gasteiger partial charge in [-0.05, 0) is 101 Å². The average molecular weight is 693 g/mol. The summed E-state index contributed by atoms with van der Waals surface area (Å²) in [6.07, 6.45) is 7.59. The zero-order valence-electron chi connectivity index (χ0n) is 30.3. The maximum Gasteiger partial charge on any atom is 0.410 e. The summed E-state index contributed by atoms with van der Waals surface area (Å²) in [7, 11) is 3.36. The van der Waals surface area contributed by atoms with Gasteiger partial charge in [-0.15, -0.1) is 0 Å². The minimum atomic E-state index is -0.510. The fourth-order valence-corrected chi connectivity index (χ4v) is 7.75. The molecule has 2 amide bonds. The molecule has 1 fully saturated rings. The van der Waals surface area contributed by atoms with Crippen LogP contribution in [0.15, 0.2) is 59.5 Å². The number of carbonyl (C=O) groups is 2. The SMILES string of the molecule is COCc1c(-c2cn(C)c(=O)c(Nc3ccc(C4CCN(C(=O)OC(C)(C)C)CC4)cc3)n2)cccc1N1CCn2c(cc3c2CCCC3)C1=O. The molecular weight excluding hydrogens is 644 g/mol. The smallest absolute Gasteiger partial charge is 0.410 e. The predicted octanol–water partition coefficient (Wildman–Crippen LogP) is 6.79. The number of anilines is 3. The Morgan fingerprint density at radius 3 is 2.45 bits per heavy atom. The Balaban J connectivity index is 1.11. The van der Waals surface area contributed by atoms with Crippen LogP contribution in [0.25, 0.3) is 11.3 Å². The van der Waals surface area contributed by atoms with E-state index in [-0.39, 0.29) is 30.0 Å². The molecule has 3 aliphatic rings. The molecule has 0 atom stereocenters. The Morgan fingerprint density at radius 1 is 0.980 bits per heavy atom. The van der Waals surface area contributed by atoms with Crippen molar-refractivity contribution in [3.63, 3.8) is 0 Å². The van der Waals surface area contributed by atoms with Gasteiger partial charge in [-0.1, -0.05) is 24.3 Å². The quantitative estimate of drug-likeness (QED) is 0.227. The van der Waals surface area contributed by atoms with Crippen LogP contribution in [0.5, 0.6) is 0 Å². The summed E-state index contributed by atoms with van der Waals surface area (Å²) in [5.41, 5.74) is 7.61. The van der Waals surface area contributed by atoms with Gasteiger partial charge in [-0.3, -0.25) is 9.59 Å². The molecular formula is C40H48N6O5. The van der Waals surface area contributed by atoms with Crippen LogP contribution in [-0.2, 0) is 42.5 Å². The van der Waals surface area contributed by atoms with E-state index in [9.17, 15) is 14.4 Å². The Labute approximate surface area is 299 Å². The molecule has 0 saturated carbocycles. The van der Waals surface area contributed by atoms with E-state index in [1.165, 1.54) is 34.2 Å². The molecule has 11 heteroatoms. The number of aromatic nitrogens is 3. The summed E-state index contributed by atoms with van der Waals surface area (Å²) >= 11 is 0. The number of hydrogen-bond acceptors (Lipinski definition) is 7. The lowest BCUT2D eigenvalue weighted by Gasteiger charge is -2.33. The zero-order valence-corrected chi connectivity index (χ0v) is 30.3. The summed E-state index contributed by atoms with van der Waals surface area (Å²) in [6, 6.07) is 16.1. The molecule has 0 bridgehead atoms. The summed E-state index contributed by atoms with van der Waals surface area (Å²) in [6.45, 7) is 8.55. The number of aryl methyl sites for hydroxylation is 2. The standard InChI is InChI=1S/C40H48N6O5/c1-40(2,3)51-39(49)44-19-17-27(18-20-44)26-13-15-29(16-14-26)41-36-38(48)43(4)24-32(42-36)30-10-8-12-34(31(30)25-50-5)46-22-21-45-33-11-7-6-9-28(33)23-35(45)37(46)47/h8,10,12-16,23-24,27H,6-7,9,11,17-22,25H2,1-5H3,(H,41,42). The summed E-state index contributed by atoms with van der Waals surface area (Å²) in [5, 5.41) is 3.26. The molecule has 51 heavy (non-hydrogen) atoms. The summed E-state index contributed by atoms with van der Waals surface area (Å²) in [4.78, 5) is 48.3. The van der Waals surface area contributed by atoms with Crippen LogP contribution in [0.4, 0.5) is 22.0 Å². The van der Waals surface area contributed by atoms with Gasteiger partial charge in [0.1, 0.15) is 11.3 Å². The van der Waals surface area contributed by atoms with Crippen molar-refractivity contribution in [3.8, 4) is 11.3 Å². The Hall–Kier alpha value is -4.90. The summed E-state index contributed by atoms with van der Waals surface area (Å²) in [5.74, 6) is 0.539. The molecule has 2 aromatic carbocycles. The molecule has 0 unspecified atom stereocenters. The van der Waals surface area contributed by atoms with E-state index < -0.39 is 5.60 Å². The third-order valence-electron chi connectivity index (χ3n) is 10.3. The van der Waals surface area contributed by atoms with Crippen molar-refractivity contribution in [1.82, 2.24) is 19.0 Å². The van der Waals surface area contributed by atoms with Crippen LogP contribution in [-0.4, -0.2) is 63.4 Å². The first kappa shape index (κ1) is 34.5. The molecule has 11 nitrogen and oxygen atoms in total. The molecule has 1 saturated heterocycles. The van der Waals surface area contributed by atoms with Crippen LogP contribution in [0.3, 0.4) is 0 Å². The monoisotopic (exact) mass is 692 g/mol. The fourth-order valence-electron chi connectivity index (χ4n) is 7.75. The van der Waals surface area contributed by atoms with Gasteiger partial charge in [0.25, 0.3) is 11.5 Å². The lowest BCUT2D eigenvalue weighted by Crippen LogP contribution is -2.41. The first-order chi connectivity index (χ1) is 24.5. The van der Waals surface area contributed by atoms with E-state index in [1.54, 1.807) is 25.3 Å². The number of ether oxygens (including phenoxy) is 2. The number of piperidine rings is 1. The second-order valence-electron chi connectivity index (χ2n) is 14.9. The van der Waals surface area contributed by atoms with Gasteiger partial charge in [-0.25, -0.2) is 9.78 Å². The number of rotatable bonds is 7. The van der Waals surface area contributed by atoms with Crippen LogP contribution in [0.2, 0.25) is 0 Å². The van der Waals surface area contributed by atoms with Gasteiger partial charge in [0, 0.05) is 69.0 Å². The summed E-state index contributed by atoms with van der Waals surface area (Å²) < 4.78 is 15.0. The number of likely N-dealkylation sites (tertiary alicyclic amines) is 1. The van der Waals surface area contributed by atoms with Crippen molar-refractivity contribution in [1.29, 1.82) is 0 Å². The Bertz CT molecular complexity index is 2000. The number of carbonyl (C=O) groups excluding carboxylic acids is 2. The van der Waals surface area contributed by atoms with Crippen molar-refractivity contribution < 1.29 is 19.1 Å². The van der Waals surface area contributed by atoms with E-state index in [0.29, 0.717) is 31.2 Å². The molecule has 1 N–H and O–H groups in total. The minimum Gasteiger partial charge on any atom is -0.444 e. The normalized spacial score (nSPS) is 16.5. The highest BCUT2D eigenvalue weighted by Gasteiger charge is 2.32. The molecule has 4 heterocycles. The predicted molar refractivity (Wildman–Crippen MR) is 198 cm³/mol. The van der Waals surface area contributed by atoms with Gasteiger partial charge in [0.15, 0.2) is 5.82 Å². The number of benzene rings is 2. The maximum atomic E-state index is 14.0. The largest absolute Gasteiger partial charge is 0.444 e. The van der Waals surface area contributed by atoms with Gasteiger partial charge in [0.2, 0.25) is 0 Å². The first-order valence-corrected chi connectivity index (χ1v) is 18.1. The van der Waals surface area contributed by atoms with Crippen LogP contribution in [0.1, 0.15) is 85.2 Å². The van der Waals surface area contributed by atoms with Crippen molar-refractivity contribution in [2.45, 2.75) is 84.0 Å². The minimum absolute atomic E-state index is 0.00188. The molecule has 1 aliphatic carbocycles. The van der Waals surface area contributed by atoms with Crippen LogP contribution < -0.4 is 15.8 Å². The molecule has 268 valence electrons. The van der Waals surface area contributed by atoms with E-state index >= 15 is 0 Å². The molecule has 2 aromatic heterocycles. The number of nitrogens with zero attached hydrogens (tertiary/aromatic N) is 5. The molecule has 2 aliphatic heterocycles. The average Bonchev–Trinajstić information content (AvgIpc) is 3.50. The van der Waals surface area contributed by atoms with Crippen molar-refractivity contribution in [3.05, 3.63) is 93.2 Å². The number of nitrogens with one attached hydrogen (secondary N) is 1. The number of amides is 2. The molecule has 0 spiro atoms. The topological polar surface area (TPSA) is 111 Å². The highest BCUT2D eigenvalue weighted by Crippen LogP contribution is 2.36. The third-order valence-corrected chi connectivity index (χ3v) is 10.3. The third kappa shape index (κ3) is 7.04. The number of fused-ring (bicyclic) bond motifs is 3.